The van der Waals surface area contributed by atoms with Crippen LogP contribution >= 0.6 is 11.8 Å². The van der Waals surface area contributed by atoms with Gasteiger partial charge in [-0.1, -0.05) is 6.92 Å². The van der Waals surface area contributed by atoms with Gasteiger partial charge in [0.1, 0.15) is 0 Å². The molecule has 0 spiro atoms. The quantitative estimate of drug-likeness (QED) is 0.311. The second-order valence-corrected chi connectivity index (χ2v) is 9.75. The van der Waals surface area contributed by atoms with Crippen molar-refractivity contribution < 1.29 is 28.6 Å². The van der Waals surface area contributed by atoms with Crippen LogP contribution in [-0.2, 0) is 18.4 Å². The van der Waals surface area contributed by atoms with Crippen molar-refractivity contribution in [3.05, 3.63) is 0 Å². The van der Waals surface area contributed by atoms with Gasteiger partial charge in [0.25, 0.3) is 0 Å². The summed E-state index contributed by atoms with van der Waals surface area (Å²) >= 11 is 1.43. The number of carbonyl (C=O) groups excluding carboxylic acids is 1. The van der Waals surface area contributed by atoms with Gasteiger partial charge in [0.05, 0.1) is 25.2 Å². The van der Waals surface area contributed by atoms with Gasteiger partial charge in [0, 0.05) is 25.7 Å². The van der Waals surface area contributed by atoms with E-state index in [9.17, 15) is 9.90 Å². The fraction of sp³-hybridized carbons (Fsp3) is 0.923. The van der Waals surface area contributed by atoms with Crippen LogP contribution < -0.4 is 0 Å². The summed E-state index contributed by atoms with van der Waals surface area (Å²) in [4.78, 5) is 11.8. The van der Waals surface area contributed by atoms with Gasteiger partial charge in [0.2, 0.25) is 0 Å². The van der Waals surface area contributed by atoms with Crippen LogP contribution in [0, 0.1) is 5.92 Å². The summed E-state index contributed by atoms with van der Waals surface area (Å²) in [7, 11) is 1.20. The second-order valence-electron chi connectivity index (χ2n) is 5.09. The van der Waals surface area contributed by atoms with Crippen LogP contribution in [-0.4, -0.2) is 69.8 Å². The average molecular weight is 341 g/mol. The van der Waals surface area contributed by atoms with E-state index in [1.54, 1.807) is 21.1 Å². The van der Waals surface area contributed by atoms with Crippen LogP contribution in [0.15, 0.2) is 0 Å². The molecule has 8 heteroatoms. The third kappa shape index (κ3) is 9.49. The maximum Gasteiger partial charge on any atom is 0.334 e. The van der Waals surface area contributed by atoms with Gasteiger partial charge < -0.3 is 23.8 Å². The van der Waals surface area contributed by atoms with Crippen LogP contribution in [0.1, 0.15) is 13.3 Å². The SMILES string of the molecule is CO[Si](C)(CCCOC(=O)C(C)CSCC(O)CO)OC. The van der Waals surface area contributed by atoms with Crippen LogP contribution in [0.5, 0.6) is 0 Å². The minimum Gasteiger partial charge on any atom is -0.465 e. The molecule has 0 aliphatic rings. The van der Waals surface area contributed by atoms with Crippen molar-refractivity contribution >= 4 is 26.3 Å². The predicted octanol–water partition coefficient (Wildman–Crippen LogP) is 1.01. The third-order valence-electron chi connectivity index (χ3n) is 3.17. The van der Waals surface area contributed by atoms with Crippen molar-refractivity contribution in [2.45, 2.75) is 32.0 Å². The highest BCUT2D eigenvalue weighted by atomic mass is 32.2. The Balaban J connectivity index is 3.78. The molecule has 0 radical (unpaired) electrons. The Kier molecular flexibility index (Phi) is 11.4. The maximum absolute atomic E-state index is 11.8. The van der Waals surface area contributed by atoms with E-state index in [2.05, 4.69) is 0 Å². The van der Waals surface area contributed by atoms with Gasteiger partial charge in [-0.15, -0.1) is 0 Å². The highest BCUT2D eigenvalue weighted by Crippen LogP contribution is 2.15. The summed E-state index contributed by atoms with van der Waals surface area (Å²) in [5, 5.41) is 17.9. The monoisotopic (exact) mass is 340 g/mol. The van der Waals surface area contributed by atoms with Gasteiger partial charge in [-0.25, -0.2) is 0 Å². The van der Waals surface area contributed by atoms with Crippen LogP contribution in [0.3, 0.4) is 0 Å². The molecular formula is C13H28O6SSi. The number of hydrogen-bond donors (Lipinski definition) is 2. The predicted molar refractivity (Wildman–Crippen MR) is 85.6 cm³/mol. The minimum atomic E-state index is -2.08. The summed E-state index contributed by atoms with van der Waals surface area (Å²) < 4.78 is 15.9. The van der Waals surface area contributed by atoms with E-state index >= 15 is 0 Å². The molecule has 2 atom stereocenters. The molecule has 0 bridgehead atoms. The summed E-state index contributed by atoms with van der Waals surface area (Å²) in [5.41, 5.74) is 0. The lowest BCUT2D eigenvalue weighted by molar-refractivity contribution is -0.147. The van der Waals surface area contributed by atoms with E-state index in [4.69, 9.17) is 18.7 Å². The molecule has 0 saturated heterocycles. The first-order chi connectivity index (χ1) is 9.88. The Morgan fingerprint density at radius 3 is 2.43 bits per heavy atom. The fourth-order valence-electron chi connectivity index (χ4n) is 1.50. The molecule has 0 saturated carbocycles. The largest absolute Gasteiger partial charge is 0.465 e. The topological polar surface area (TPSA) is 85.2 Å². The van der Waals surface area contributed by atoms with E-state index in [1.165, 1.54) is 11.8 Å². The van der Waals surface area contributed by atoms with E-state index in [0.717, 1.165) is 12.5 Å². The summed E-state index contributed by atoms with van der Waals surface area (Å²) in [6.07, 6.45) is -0.0110. The van der Waals surface area contributed by atoms with E-state index in [1.807, 2.05) is 6.55 Å². The Hall–Kier alpha value is -0.123. The Morgan fingerprint density at radius 1 is 1.29 bits per heavy atom. The average Bonchev–Trinajstić information content (AvgIpc) is 2.50. The molecule has 2 N–H and O–H groups in total. The number of esters is 1. The van der Waals surface area contributed by atoms with Crippen molar-refractivity contribution in [2.75, 3.05) is 38.9 Å². The third-order valence-corrected chi connectivity index (χ3v) is 7.52. The van der Waals surface area contributed by atoms with Gasteiger partial charge in [-0.05, 0) is 19.0 Å². The highest BCUT2D eigenvalue weighted by molar-refractivity contribution is 7.99. The molecule has 0 aromatic heterocycles. The summed E-state index contributed by atoms with van der Waals surface area (Å²) in [6.45, 7) is 3.88. The molecule has 0 amide bonds. The molecule has 2 unspecified atom stereocenters. The van der Waals surface area contributed by atoms with Gasteiger partial charge in [0.15, 0.2) is 0 Å². The van der Waals surface area contributed by atoms with Crippen molar-refractivity contribution in [1.82, 2.24) is 0 Å². The normalized spacial score (nSPS) is 14.8. The smallest absolute Gasteiger partial charge is 0.334 e. The highest BCUT2D eigenvalue weighted by Gasteiger charge is 2.28. The lowest BCUT2D eigenvalue weighted by Crippen LogP contribution is -2.36. The Labute approximate surface area is 132 Å². The number of carbonyl (C=O) groups is 1. The van der Waals surface area contributed by atoms with Gasteiger partial charge >= 0.3 is 14.5 Å². The van der Waals surface area contributed by atoms with E-state index in [-0.39, 0.29) is 18.5 Å². The van der Waals surface area contributed by atoms with Crippen molar-refractivity contribution in [2.24, 2.45) is 5.92 Å². The zero-order valence-corrected chi connectivity index (χ0v) is 15.1. The zero-order valence-electron chi connectivity index (χ0n) is 13.3. The standard InChI is InChI=1S/C13H28O6SSi/c1-11(9-20-10-12(15)8-14)13(16)19-6-5-7-21(4,17-2)18-3/h11-12,14-15H,5-10H2,1-4H3. The van der Waals surface area contributed by atoms with E-state index in [0.29, 0.717) is 18.1 Å². The van der Waals surface area contributed by atoms with Crippen molar-refractivity contribution in [3.8, 4) is 0 Å². The molecule has 0 aliphatic carbocycles. The van der Waals surface area contributed by atoms with Crippen molar-refractivity contribution in [1.29, 1.82) is 0 Å². The van der Waals surface area contributed by atoms with Crippen LogP contribution in [0.4, 0.5) is 0 Å². The Morgan fingerprint density at radius 2 is 1.90 bits per heavy atom. The first-order valence-corrected chi connectivity index (χ1v) is 10.7. The number of thioether (sulfide) groups is 1. The number of aliphatic hydroxyl groups is 2. The maximum atomic E-state index is 11.8. The number of aliphatic hydroxyl groups excluding tert-OH is 2. The molecule has 6 nitrogen and oxygen atoms in total. The Bertz CT molecular complexity index is 288. The van der Waals surface area contributed by atoms with Gasteiger partial charge in [-0.3, -0.25) is 4.79 Å². The van der Waals surface area contributed by atoms with Crippen LogP contribution in [0.25, 0.3) is 0 Å². The lowest BCUT2D eigenvalue weighted by atomic mass is 10.2. The molecule has 0 fully saturated rings. The first-order valence-electron chi connectivity index (χ1n) is 7.02. The zero-order chi connectivity index (χ0) is 16.3. The summed E-state index contributed by atoms with van der Waals surface area (Å²) in [5.74, 6) is 0.520. The fourth-order valence-corrected chi connectivity index (χ4v) is 3.86. The van der Waals surface area contributed by atoms with Crippen LogP contribution in [0.2, 0.25) is 12.6 Å². The molecule has 0 aliphatic heterocycles. The number of hydrogen-bond acceptors (Lipinski definition) is 7. The first kappa shape index (κ1) is 20.9. The molecular weight excluding hydrogens is 312 g/mol. The van der Waals surface area contributed by atoms with E-state index < -0.39 is 14.7 Å². The van der Waals surface area contributed by atoms with Crippen molar-refractivity contribution in [3.63, 3.8) is 0 Å². The lowest BCUT2D eigenvalue weighted by Gasteiger charge is -2.22. The molecule has 0 heterocycles. The molecule has 0 aromatic rings. The molecule has 126 valence electrons. The number of rotatable bonds is 12. The minimum absolute atomic E-state index is 0.227. The molecule has 0 rings (SSSR count). The number of ether oxygens (including phenoxy) is 1. The van der Waals surface area contributed by atoms with Gasteiger partial charge in [-0.2, -0.15) is 11.8 Å². The molecule has 0 aromatic carbocycles. The second kappa shape index (κ2) is 11.4. The molecule has 21 heavy (non-hydrogen) atoms. The summed E-state index contributed by atoms with van der Waals surface area (Å²) in [6, 6.07) is 0.777.